The SMILES string of the molecule is Cc1cnc2c(NC(=O)c3cn4cc([C@@]56CC[C@@](C)(C5)OC6)nc4cc3OC(C)C)cnn2c1. The minimum atomic E-state index is -0.291. The van der Waals surface area contributed by atoms with Crippen LogP contribution in [-0.2, 0) is 10.2 Å². The van der Waals surface area contributed by atoms with Crippen molar-refractivity contribution in [2.75, 3.05) is 11.9 Å². The van der Waals surface area contributed by atoms with E-state index in [0.29, 0.717) is 29.3 Å². The van der Waals surface area contributed by atoms with Crippen LogP contribution in [0.1, 0.15) is 61.6 Å². The molecule has 176 valence electrons. The second-order valence-electron chi connectivity index (χ2n) is 10.2. The smallest absolute Gasteiger partial charge is 0.261 e. The highest BCUT2D eigenvalue weighted by Gasteiger charge is 2.55. The lowest BCUT2D eigenvalue weighted by molar-refractivity contribution is -0.00627. The number of ether oxygens (including phenoxy) is 2. The van der Waals surface area contributed by atoms with Gasteiger partial charge in [0.2, 0.25) is 0 Å². The molecule has 1 aliphatic carbocycles. The Morgan fingerprint density at radius 3 is 2.79 bits per heavy atom. The maximum Gasteiger partial charge on any atom is 0.261 e. The fraction of sp³-hybridized carbons (Fsp3) is 0.440. The maximum absolute atomic E-state index is 13.4. The maximum atomic E-state index is 13.4. The zero-order valence-corrected chi connectivity index (χ0v) is 19.8. The third-order valence-corrected chi connectivity index (χ3v) is 6.98. The number of carbonyl (C=O) groups excluding carboxylic acids is 1. The Labute approximate surface area is 197 Å². The number of aromatic nitrogens is 5. The number of imidazole rings is 1. The third kappa shape index (κ3) is 3.34. The lowest BCUT2D eigenvalue weighted by Gasteiger charge is -2.24. The molecule has 1 amide bonds. The van der Waals surface area contributed by atoms with Crippen molar-refractivity contribution >= 4 is 22.9 Å². The highest BCUT2D eigenvalue weighted by Crippen LogP contribution is 2.53. The van der Waals surface area contributed by atoms with Gasteiger partial charge in [0.15, 0.2) is 5.65 Å². The van der Waals surface area contributed by atoms with E-state index >= 15 is 0 Å². The number of amides is 1. The molecule has 2 atom stereocenters. The molecule has 0 spiro atoms. The zero-order valence-electron chi connectivity index (χ0n) is 19.8. The molecule has 0 radical (unpaired) electrons. The topological polar surface area (TPSA) is 95.1 Å². The van der Waals surface area contributed by atoms with Crippen LogP contribution in [0.5, 0.6) is 5.75 Å². The quantitative estimate of drug-likeness (QED) is 0.485. The van der Waals surface area contributed by atoms with E-state index in [1.807, 2.05) is 43.6 Å². The minimum absolute atomic E-state index is 0.0479. The molecule has 0 unspecified atom stereocenters. The molecule has 1 saturated heterocycles. The van der Waals surface area contributed by atoms with Crippen molar-refractivity contribution in [1.82, 2.24) is 24.0 Å². The van der Waals surface area contributed by atoms with Crippen LogP contribution in [0.4, 0.5) is 5.69 Å². The Morgan fingerprint density at radius 2 is 2.09 bits per heavy atom. The van der Waals surface area contributed by atoms with Gasteiger partial charge < -0.3 is 19.2 Å². The van der Waals surface area contributed by atoms with Gasteiger partial charge >= 0.3 is 0 Å². The monoisotopic (exact) mass is 460 g/mol. The molecule has 5 heterocycles. The second kappa shape index (κ2) is 7.27. The van der Waals surface area contributed by atoms with Crippen molar-refractivity contribution in [2.45, 2.75) is 64.1 Å². The molecule has 0 aromatic carbocycles. The van der Waals surface area contributed by atoms with Gasteiger partial charge in [-0.15, -0.1) is 0 Å². The summed E-state index contributed by atoms with van der Waals surface area (Å²) >= 11 is 0. The standard InChI is InChI=1S/C25H28N6O3/c1-15(2)34-19-7-21-29-20(25-6-5-24(4,13-25)33-14-25)12-30(21)11-17(19)23(32)28-18-9-27-31-10-16(3)8-26-22(18)31/h7-12,15H,5-6,13-14H2,1-4H3,(H,28,32)/t24-,25-/m0/s1. The molecule has 1 aliphatic heterocycles. The van der Waals surface area contributed by atoms with Crippen LogP contribution in [-0.4, -0.2) is 48.2 Å². The summed E-state index contributed by atoms with van der Waals surface area (Å²) in [5.41, 5.74) is 4.20. The molecule has 34 heavy (non-hydrogen) atoms. The predicted octanol–water partition coefficient (Wildman–Crippen LogP) is 3.94. The van der Waals surface area contributed by atoms with Crippen molar-refractivity contribution in [2.24, 2.45) is 0 Å². The summed E-state index contributed by atoms with van der Waals surface area (Å²) in [6, 6.07) is 1.84. The Kier molecular flexibility index (Phi) is 4.51. The summed E-state index contributed by atoms with van der Waals surface area (Å²) in [5, 5.41) is 7.25. The Balaban J connectivity index is 1.38. The molecule has 6 rings (SSSR count). The summed E-state index contributed by atoms with van der Waals surface area (Å²) in [7, 11) is 0. The van der Waals surface area contributed by atoms with E-state index in [4.69, 9.17) is 14.5 Å². The van der Waals surface area contributed by atoms with Gasteiger partial charge in [-0.05, 0) is 52.5 Å². The van der Waals surface area contributed by atoms with Gasteiger partial charge in [-0.3, -0.25) is 4.79 Å². The first kappa shape index (κ1) is 21.1. The number of fused-ring (bicyclic) bond motifs is 4. The van der Waals surface area contributed by atoms with Gasteiger partial charge in [0.1, 0.15) is 17.1 Å². The average molecular weight is 461 g/mol. The lowest BCUT2D eigenvalue weighted by Crippen LogP contribution is -2.26. The van der Waals surface area contributed by atoms with Gasteiger partial charge in [-0.1, -0.05) is 0 Å². The predicted molar refractivity (Wildman–Crippen MR) is 127 cm³/mol. The van der Waals surface area contributed by atoms with Crippen molar-refractivity contribution in [3.05, 3.63) is 53.9 Å². The normalized spacial score (nSPS) is 23.9. The van der Waals surface area contributed by atoms with E-state index in [1.165, 1.54) is 0 Å². The van der Waals surface area contributed by atoms with Gasteiger partial charge in [-0.25, -0.2) is 14.5 Å². The summed E-state index contributed by atoms with van der Waals surface area (Å²) < 4.78 is 15.7. The van der Waals surface area contributed by atoms with Gasteiger partial charge in [0.05, 0.1) is 35.8 Å². The summed E-state index contributed by atoms with van der Waals surface area (Å²) in [4.78, 5) is 22.7. The Hall–Kier alpha value is -3.46. The summed E-state index contributed by atoms with van der Waals surface area (Å²) in [6.07, 6.45) is 12.0. The van der Waals surface area contributed by atoms with Crippen molar-refractivity contribution < 1.29 is 14.3 Å². The molecule has 1 saturated carbocycles. The fourth-order valence-electron chi connectivity index (χ4n) is 5.29. The third-order valence-electron chi connectivity index (χ3n) is 6.98. The molecular weight excluding hydrogens is 432 g/mol. The minimum Gasteiger partial charge on any atom is -0.490 e. The number of nitrogens with zero attached hydrogens (tertiary/aromatic N) is 5. The first-order valence-electron chi connectivity index (χ1n) is 11.7. The first-order chi connectivity index (χ1) is 16.2. The number of aryl methyl sites for hydroxylation is 1. The molecule has 9 heteroatoms. The number of pyridine rings is 1. The largest absolute Gasteiger partial charge is 0.490 e. The van der Waals surface area contributed by atoms with Gasteiger partial charge in [-0.2, -0.15) is 5.10 Å². The van der Waals surface area contributed by atoms with Crippen LogP contribution in [0.25, 0.3) is 11.3 Å². The number of nitrogens with one attached hydrogen (secondary N) is 1. The molecule has 2 aliphatic rings. The van der Waals surface area contributed by atoms with E-state index in [9.17, 15) is 4.79 Å². The number of rotatable bonds is 5. The van der Waals surface area contributed by atoms with Crippen LogP contribution in [0, 0.1) is 6.92 Å². The molecular formula is C25H28N6O3. The van der Waals surface area contributed by atoms with Crippen LogP contribution in [0.2, 0.25) is 0 Å². The molecule has 9 nitrogen and oxygen atoms in total. The molecule has 2 bridgehead atoms. The second-order valence-corrected chi connectivity index (χ2v) is 10.2. The lowest BCUT2D eigenvalue weighted by atomic mass is 9.84. The van der Waals surface area contributed by atoms with Crippen LogP contribution >= 0.6 is 0 Å². The van der Waals surface area contributed by atoms with Gasteiger partial charge in [0, 0.05) is 36.3 Å². The number of hydrogen-bond acceptors (Lipinski definition) is 6. The van der Waals surface area contributed by atoms with Crippen LogP contribution in [0.3, 0.4) is 0 Å². The van der Waals surface area contributed by atoms with Crippen molar-refractivity contribution in [1.29, 1.82) is 0 Å². The summed E-state index contributed by atoms with van der Waals surface area (Å²) in [5.74, 6) is 0.203. The molecule has 4 aromatic heterocycles. The number of anilines is 1. The zero-order chi connectivity index (χ0) is 23.7. The fourth-order valence-corrected chi connectivity index (χ4v) is 5.29. The number of hydrogen-bond donors (Lipinski definition) is 1. The highest BCUT2D eigenvalue weighted by atomic mass is 16.5. The van der Waals surface area contributed by atoms with Crippen molar-refractivity contribution in [3.63, 3.8) is 0 Å². The first-order valence-corrected chi connectivity index (χ1v) is 11.7. The van der Waals surface area contributed by atoms with E-state index < -0.39 is 0 Å². The Bertz CT molecular complexity index is 1430. The van der Waals surface area contributed by atoms with E-state index in [-0.39, 0.29) is 23.0 Å². The molecule has 1 N–H and O–H groups in total. The van der Waals surface area contributed by atoms with Gasteiger partial charge in [0.25, 0.3) is 5.91 Å². The Morgan fingerprint density at radius 1 is 1.24 bits per heavy atom. The van der Waals surface area contributed by atoms with Crippen LogP contribution < -0.4 is 10.1 Å². The van der Waals surface area contributed by atoms with E-state index in [0.717, 1.165) is 36.2 Å². The molecule has 2 fully saturated rings. The van der Waals surface area contributed by atoms with E-state index in [2.05, 4.69) is 22.3 Å². The van der Waals surface area contributed by atoms with Crippen molar-refractivity contribution in [3.8, 4) is 5.75 Å². The number of carbonyl (C=O) groups is 1. The van der Waals surface area contributed by atoms with E-state index in [1.54, 1.807) is 23.1 Å². The van der Waals surface area contributed by atoms with Crippen LogP contribution in [0.15, 0.2) is 37.1 Å². The highest BCUT2D eigenvalue weighted by molar-refractivity contribution is 6.07. The molecule has 4 aromatic rings. The summed E-state index contributed by atoms with van der Waals surface area (Å²) in [6.45, 7) is 8.70. The average Bonchev–Trinajstić information content (AvgIpc) is 3.53.